The van der Waals surface area contributed by atoms with Crippen LogP contribution in [0.1, 0.15) is 10.4 Å². The van der Waals surface area contributed by atoms with Crippen molar-refractivity contribution in [2.45, 2.75) is 0 Å². The second kappa shape index (κ2) is 6.53. The first-order chi connectivity index (χ1) is 13.1. The molecular weight excluding hydrogens is 354 g/mol. The number of halogens is 2. The van der Waals surface area contributed by atoms with Crippen molar-refractivity contribution in [2.24, 2.45) is 0 Å². The van der Waals surface area contributed by atoms with E-state index in [-0.39, 0.29) is 22.6 Å². The number of phenols is 1. The zero-order chi connectivity index (χ0) is 19.0. The first kappa shape index (κ1) is 16.7. The van der Waals surface area contributed by atoms with Gasteiger partial charge < -0.3 is 10.1 Å². The molecular formula is C20H12F2N2O3. The molecule has 0 atom stereocenters. The monoisotopic (exact) mass is 366 g/mol. The highest BCUT2D eigenvalue weighted by Gasteiger charge is 2.18. The molecule has 0 aliphatic heterocycles. The number of H-pyrrole nitrogens is 1. The van der Waals surface area contributed by atoms with E-state index in [4.69, 9.17) is 0 Å². The summed E-state index contributed by atoms with van der Waals surface area (Å²) in [5, 5.41) is 9.71. The SMILES string of the molecule is O=C(OF)c1cc(O)cc2[nH]c(-c3ccc(-c4ccccc4F)cc3)nc12. The predicted molar refractivity (Wildman–Crippen MR) is 95.1 cm³/mol. The number of carbonyl (C=O) groups is 1. The zero-order valence-electron chi connectivity index (χ0n) is 13.7. The number of aromatic hydroxyl groups is 1. The molecule has 4 aromatic rings. The van der Waals surface area contributed by atoms with Crippen LogP contribution in [0.4, 0.5) is 8.92 Å². The second-order valence-corrected chi connectivity index (χ2v) is 5.90. The fourth-order valence-electron chi connectivity index (χ4n) is 2.94. The third-order valence-electron chi connectivity index (χ3n) is 4.20. The molecule has 0 aliphatic rings. The van der Waals surface area contributed by atoms with Gasteiger partial charge in [0.25, 0.3) is 0 Å². The molecule has 0 radical (unpaired) electrons. The second-order valence-electron chi connectivity index (χ2n) is 5.90. The van der Waals surface area contributed by atoms with Crippen LogP contribution in [0.3, 0.4) is 0 Å². The Hall–Kier alpha value is -3.74. The van der Waals surface area contributed by atoms with Crippen LogP contribution in [0.2, 0.25) is 0 Å². The lowest BCUT2D eigenvalue weighted by atomic mass is 10.0. The lowest BCUT2D eigenvalue weighted by molar-refractivity contribution is -0.0786. The van der Waals surface area contributed by atoms with Gasteiger partial charge >= 0.3 is 5.97 Å². The summed E-state index contributed by atoms with van der Waals surface area (Å²) in [6.07, 6.45) is 0. The molecule has 3 aromatic carbocycles. The Morgan fingerprint density at radius 2 is 1.74 bits per heavy atom. The van der Waals surface area contributed by atoms with Crippen molar-refractivity contribution in [1.82, 2.24) is 9.97 Å². The van der Waals surface area contributed by atoms with Gasteiger partial charge in [-0.25, -0.2) is 19.1 Å². The molecule has 0 spiro atoms. The van der Waals surface area contributed by atoms with E-state index in [1.54, 1.807) is 42.5 Å². The molecule has 2 N–H and O–H groups in total. The molecule has 7 heteroatoms. The molecule has 1 aromatic heterocycles. The van der Waals surface area contributed by atoms with Gasteiger partial charge in [0.1, 0.15) is 22.9 Å². The number of rotatable bonds is 3. The van der Waals surface area contributed by atoms with Crippen LogP contribution in [-0.2, 0) is 4.94 Å². The van der Waals surface area contributed by atoms with Crippen LogP contribution in [0.15, 0.2) is 60.7 Å². The Labute approximate surface area is 151 Å². The molecule has 0 saturated heterocycles. The van der Waals surface area contributed by atoms with Crippen LogP contribution in [0.5, 0.6) is 5.75 Å². The van der Waals surface area contributed by atoms with Crippen molar-refractivity contribution in [3.63, 3.8) is 0 Å². The number of carbonyl (C=O) groups excluding carboxylic acids is 1. The zero-order valence-corrected chi connectivity index (χ0v) is 13.7. The van der Waals surface area contributed by atoms with Crippen LogP contribution < -0.4 is 0 Å². The van der Waals surface area contributed by atoms with E-state index in [1.165, 1.54) is 12.1 Å². The van der Waals surface area contributed by atoms with Crippen molar-refractivity contribution in [3.05, 3.63) is 72.0 Å². The van der Waals surface area contributed by atoms with Gasteiger partial charge in [-0.05, 0) is 17.7 Å². The Morgan fingerprint density at radius 1 is 1.04 bits per heavy atom. The van der Waals surface area contributed by atoms with E-state index >= 15 is 0 Å². The van der Waals surface area contributed by atoms with Crippen LogP contribution in [0.25, 0.3) is 33.5 Å². The van der Waals surface area contributed by atoms with Gasteiger partial charge in [-0.2, -0.15) is 0 Å². The van der Waals surface area contributed by atoms with E-state index in [1.807, 2.05) is 0 Å². The van der Waals surface area contributed by atoms with Gasteiger partial charge in [-0.1, -0.05) is 42.5 Å². The normalized spacial score (nSPS) is 10.9. The Morgan fingerprint density at radius 3 is 2.44 bits per heavy atom. The minimum Gasteiger partial charge on any atom is -0.508 e. The van der Waals surface area contributed by atoms with Crippen molar-refractivity contribution < 1.29 is 23.8 Å². The Bertz CT molecular complexity index is 1150. The highest BCUT2D eigenvalue weighted by atomic mass is 19.3. The van der Waals surface area contributed by atoms with Gasteiger partial charge in [-0.3, -0.25) is 0 Å². The maximum atomic E-state index is 13.9. The maximum absolute atomic E-state index is 13.9. The molecule has 27 heavy (non-hydrogen) atoms. The summed E-state index contributed by atoms with van der Waals surface area (Å²) in [5.41, 5.74) is 2.18. The highest BCUT2D eigenvalue weighted by Crippen LogP contribution is 2.29. The lowest BCUT2D eigenvalue weighted by Gasteiger charge is -2.04. The summed E-state index contributed by atoms with van der Waals surface area (Å²) in [4.78, 5) is 22.1. The first-order valence-corrected chi connectivity index (χ1v) is 7.98. The van der Waals surface area contributed by atoms with E-state index in [9.17, 15) is 18.8 Å². The van der Waals surface area contributed by atoms with E-state index in [0.29, 0.717) is 28.0 Å². The van der Waals surface area contributed by atoms with Crippen molar-refractivity contribution >= 4 is 17.0 Å². The fourth-order valence-corrected chi connectivity index (χ4v) is 2.94. The fraction of sp³-hybridized carbons (Fsp3) is 0. The van der Waals surface area contributed by atoms with Crippen LogP contribution in [0, 0.1) is 5.82 Å². The van der Waals surface area contributed by atoms with Gasteiger partial charge in [0.05, 0.1) is 11.1 Å². The van der Waals surface area contributed by atoms with Crippen molar-refractivity contribution in [3.8, 4) is 28.3 Å². The predicted octanol–water partition coefficient (Wildman–Crippen LogP) is 4.78. The molecule has 0 saturated carbocycles. The number of aromatic amines is 1. The number of phenolic OH excluding ortho intramolecular Hbond substituents is 1. The largest absolute Gasteiger partial charge is 0.508 e. The van der Waals surface area contributed by atoms with Crippen molar-refractivity contribution in [2.75, 3.05) is 0 Å². The Balaban J connectivity index is 1.77. The quantitative estimate of drug-likeness (QED) is 0.547. The summed E-state index contributed by atoms with van der Waals surface area (Å²) in [5.74, 6) is -1.39. The molecule has 1 heterocycles. The molecule has 0 fully saturated rings. The average Bonchev–Trinajstić information content (AvgIpc) is 3.11. The molecule has 0 amide bonds. The number of fused-ring (bicyclic) bond motifs is 1. The molecule has 4 rings (SSSR count). The summed E-state index contributed by atoms with van der Waals surface area (Å²) in [6.45, 7) is 0. The van der Waals surface area contributed by atoms with Gasteiger partial charge in [-0.15, -0.1) is 0 Å². The molecule has 134 valence electrons. The molecule has 5 nitrogen and oxygen atoms in total. The lowest BCUT2D eigenvalue weighted by Crippen LogP contribution is -1.99. The van der Waals surface area contributed by atoms with Crippen LogP contribution >= 0.6 is 0 Å². The summed E-state index contributed by atoms with van der Waals surface area (Å²) in [6, 6.07) is 15.9. The van der Waals surface area contributed by atoms with E-state index in [0.717, 1.165) is 6.07 Å². The number of nitrogens with zero attached hydrogens (tertiary/aromatic N) is 1. The Kier molecular flexibility index (Phi) is 4.04. The average molecular weight is 366 g/mol. The number of nitrogens with one attached hydrogen (secondary N) is 1. The van der Waals surface area contributed by atoms with E-state index < -0.39 is 5.97 Å². The number of imidazole rings is 1. The molecule has 0 bridgehead atoms. The highest BCUT2D eigenvalue weighted by molar-refractivity contribution is 6.03. The summed E-state index contributed by atoms with van der Waals surface area (Å²) < 4.78 is 26.2. The van der Waals surface area contributed by atoms with Gasteiger partial charge in [0.15, 0.2) is 0 Å². The smallest absolute Gasteiger partial charge is 0.381 e. The minimum absolute atomic E-state index is 0.170. The molecule has 0 aliphatic carbocycles. The number of hydrogen-bond donors (Lipinski definition) is 2. The van der Waals surface area contributed by atoms with E-state index in [2.05, 4.69) is 14.9 Å². The van der Waals surface area contributed by atoms with Gasteiger partial charge in [0, 0.05) is 21.7 Å². The third kappa shape index (κ3) is 2.99. The summed E-state index contributed by atoms with van der Waals surface area (Å²) >= 11 is 0. The maximum Gasteiger partial charge on any atom is 0.381 e. The first-order valence-electron chi connectivity index (χ1n) is 7.98. The van der Waals surface area contributed by atoms with Crippen LogP contribution in [-0.4, -0.2) is 21.0 Å². The third-order valence-corrected chi connectivity index (χ3v) is 4.20. The summed E-state index contributed by atoms with van der Waals surface area (Å²) in [7, 11) is 0. The molecule has 0 unspecified atom stereocenters. The number of hydrogen-bond acceptors (Lipinski definition) is 4. The number of aromatic nitrogens is 2. The van der Waals surface area contributed by atoms with Crippen molar-refractivity contribution in [1.29, 1.82) is 0 Å². The minimum atomic E-state index is -1.25. The van der Waals surface area contributed by atoms with Gasteiger partial charge in [0.2, 0.25) is 0 Å². The number of benzene rings is 3. The standard InChI is InChI=1S/C20H12F2N2O3/c21-16-4-2-1-3-14(16)11-5-7-12(8-6-11)19-23-17-10-13(25)9-15(18(17)24-19)20(26)27-22/h1-10,25H,(H,23,24). The topological polar surface area (TPSA) is 75.2 Å².